The topological polar surface area (TPSA) is 94.5 Å². The predicted octanol–water partition coefficient (Wildman–Crippen LogP) is -0.0122. The fourth-order valence-electron chi connectivity index (χ4n) is 1.96. The van der Waals surface area contributed by atoms with Crippen molar-refractivity contribution >= 4 is 17.4 Å². The number of pyridine rings is 1. The molecule has 0 spiro atoms. The molecule has 1 aliphatic rings. The molecule has 1 aromatic heterocycles. The van der Waals surface area contributed by atoms with Crippen LogP contribution in [0.15, 0.2) is 12.1 Å². The summed E-state index contributed by atoms with van der Waals surface area (Å²) in [6.45, 7) is 1.55. The lowest BCUT2D eigenvalue weighted by molar-refractivity contribution is 0.0995. The summed E-state index contributed by atoms with van der Waals surface area (Å²) in [4.78, 5) is 17.3. The summed E-state index contributed by atoms with van der Waals surface area (Å²) in [5, 5.41) is 0. The summed E-state index contributed by atoms with van der Waals surface area (Å²) in [7, 11) is 1.69. The quantitative estimate of drug-likeness (QED) is 0.769. The van der Waals surface area contributed by atoms with Gasteiger partial charge in [-0.25, -0.2) is 4.98 Å². The molecule has 0 saturated carbocycles. The van der Waals surface area contributed by atoms with E-state index in [0.717, 1.165) is 19.5 Å². The van der Waals surface area contributed by atoms with E-state index in [1.54, 1.807) is 13.2 Å². The van der Waals surface area contributed by atoms with Crippen molar-refractivity contribution in [3.8, 4) is 0 Å². The first-order valence-corrected chi connectivity index (χ1v) is 5.46. The molecule has 4 N–H and O–H groups in total. The van der Waals surface area contributed by atoms with Crippen molar-refractivity contribution in [1.29, 1.82) is 0 Å². The molecule has 0 aromatic carbocycles. The Bertz CT molecular complexity index is 435. The van der Waals surface area contributed by atoms with Gasteiger partial charge in [-0.15, -0.1) is 0 Å². The highest BCUT2D eigenvalue weighted by Gasteiger charge is 2.25. The molecule has 1 unspecified atom stereocenters. The molecule has 0 radical (unpaired) electrons. The molecule has 2 rings (SSSR count). The summed E-state index contributed by atoms with van der Waals surface area (Å²) in [5.74, 6) is 0.0644. The van der Waals surface area contributed by atoms with E-state index < -0.39 is 5.91 Å². The lowest BCUT2D eigenvalue weighted by Crippen LogP contribution is -2.25. The van der Waals surface area contributed by atoms with E-state index in [-0.39, 0.29) is 11.8 Å². The number of nitrogens with zero attached hydrogens (tertiary/aromatic N) is 2. The molecule has 92 valence electrons. The van der Waals surface area contributed by atoms with Gasteiger partial charge >= 0.3 is 0 Å². The highest BCUT2D eigenvalue weighted by atomic mass is 16.5. The Morgan fingerprint density at radius 1 is 1.59 bits per heavy atom. The van der Waals surface area contributed by atoms with E-state index in [9.17, 15) is 4.79 Å². The number of aromatic nitrogens is 1. The van der Waals surface area contributed by atoms with Gasteiger partial charge < -0.3 is 21.1 Å². The van der Waals surface area contributed by atoms with Crippen LogP contribution >= 0.6 is 0 Å². The summed E-state index contributed by atoms with van der Waals surface area (Å²) in [6, 6.07) is 3.19. The molecular weight excluding hydrogens is 220 g/mol. The van der Waals surface area contributed by atoms with Gasteiger partial charge in [-0.3, -0.25) is 4.79 Å². The lowest BCUT2D eigenvalue weighted by Gasteiger charge is -2.19. The van der Waals surface area contributed by atoms with Gasteiger partial charge in [0.2, 0.25) is 0 Å². The van der Waals surface area contributed by atoms with Crippen molar-refractivity contribution in [1.82, 2.24) is 4.98 Å². The largest absolute Gasteiger partial charge is 0.396 e. The molecule has 6 nitrogen and oxygen atoms in total. The number of rotatable bonds is 3. The highest BCUT2D eigenvalue weighted by Crippen LogP contribution is 2.25. The minimum atomic E-state index is -0.547. The minimum Gasteiger partial charge on any atom is -0.396 e. The molecule has 0 aliphatic carbocycles. The molecule has 1 amide bonds. The third-order valence-electron chi connectivity index (χ3n) is 2.94. The number of hydrogen-bond donors (Lipinski definition) is 2. The Kier molecular flexibility index (Phi) is 3.14. The third-order valence-corrected chi connectivity index (χ3v) is 2.94. The first kappa shape index (κ1) is 11.7. The number of carbonyl (C=O) groups is 1. The third kappa shape index (κ3) is 2.31. The summed E-state index contributed by atoms with van der Waals surface area (Å²) in [6.07, 6.45) is 1.12. The van der Waals surface area contributed by atoms with E-state index in [0.29, 0.717) is 11.5 Å². The number of nitrogen functional groups attached to an aromatic ring is 1. The molecule has 2 heterocycles. The van der Waals surface area contributed by atoms with Crippen LogP contribution in [-0.4, -0.2) is 37.2 Å². The first-order chi connectivity index (χ1) is 8.11. The van der Waals surface area contributed by atoms with Crippen molar-refractivity contribution in [3.63, 3.8) is 0 Å². The van der Waals surface area contributed by atoms with Crippen LogP contribution in [0.2, 0.25) is 0 Å². The normalized spacial score (nSPS) is 19.6. The Hall–Kier alpha value is -1.82. The van der Waals surface area contributed by atoms with Gasteiger partial charge in [-0.05, 0) is 18.6 Å². The summed E-state index contributed by atoms with van der Waals surface area (Å²) < 4.78 is 5.28. The maximum atomic E-state index is 11.1. The molecule has 0 bridgehead atoms. The van der Waals surface area contributed by atoms with Gasteiger partial charge in [0.15, 0.2) is 5.82 Å². The van der Waals surface area contributed by atoms with E-state index in [1.807, 2.05) is 4.90 Å². The lowest BCUT2D eigenvalue weighted by atomic mass is 10.3. The molecule has 6 heteroatoms. The van der Waals surface area contributed by atoms with Crippen LogP contribution in [0.3, 0.4) is 0 Å². The molecule has 1 aromatic rings. The number of methoxy groups -OCH3 is 1. The number of carbonyl (C=O) groups excluding carboxylic acids is 1. The smallest absolute Gasteiger partial charge is 0.267 e. The fourth-order valence-corrected chi connectivity index (χ4v) is 1.96. The average Bonchev–Trinajstić information content (AvgIpc) is 2.77. The summed E-state index contributed by atoms with van der Waals surface area (Å²) >= 11 is 0. The van der Waals surface area contributed by atoms with Crippen molar-refractivity contribution in [2.24, 2.45) is 5.73 Å². The Labute approximate surface area is 99.5 Å². The molecule has 1 fully saturated rings. The van der Waals surface area contributed by atoms with Crippen LogP contribution in [-0.2, 0) is 4.74 Å². The molecule has 1 saturated heterocycles. The van der Waals surface area contributed by atoms with Gasteiger partial charge in [0.25, 0.3) is 5.91 Å². The van der Waals surface area contributed by atoms with Crippen molar-refractivity contribution in [2.45, 2.75) is 12.5 Å². The number of ether oxygens (including phenoxy) is 1. The Morgan fingerprint density at radius 2 is 2.35 bits per heavy atom. The molecular formula is C11H16N4O2. The van der Waals surface area contributed by atoms with E-state index in [2.05, 4.69) is 4.98 Å². The number of primary amides is 1. The maximum Gasteiger partial charge on any atom is 0.267 e. The maximum absolute atomic E-state index is 11.1. The zero-order valence-electron chi connectivity index (χ0n) is 9.72. The molecule has 17 heavy (non-hydrogen) atoms. The van der Waals surface area contributed by atoms with Crippen molar-refractivity contribution < 1.29 is 9.53 Å². The summed E-state index contributed by atoms with van der Waals surface area (Å²) in [5.41, 5.74) is 11.8. The minimum absolute atomic E-state index is 0.188. The number of hydrogen-bond acceptors (Lipinski definition) is 5. The number of anilines is 2. The first-order valence-electron chi connectivity index (χ1n) is 5.46. The average molecular weight is 236 g/mol. The number of nitrogens with two attached hydrogens (primary N) is 2. The second-order valence-electron chi connectivity index (χ2n) is 4.07. The van der Waals surface area contributed by atoms with E-state index >= 15 is 0 Å². The monoisotopic (exact) mass is 236 g/mol. The second-order valence-corrected chi connectivity index (χ2v) is 4.07. The van der Waals surface area contributed by atoms with Crippen LogP contribution in [0.5, 0.6) is 0 Å². The zero-order chi connectivity index (χ0) is 12.4. The fraction of sp³-hybridized carbons (Fsp3) is 0.455. The zero-order valence-corrected chi connectivity index (χ0v) is 9.72. The van der Waals surface area contributed by atoms with Gasteiger partial charge in [0, 0.05) is 20.2 Å². The van der Waals surface area contributed by atoms with E-state index in [4.69, 9.17) is 16.2 Å². The van der Waals surface area contributed by atoms with Crippen molar-refractivity contribution in [3.05, 3.63) is 17.8 Å². The standard InChI is InChI=1S/C11H16N4O2/c1-17-7-4-5-15(6-7)11-8(12)2-3-9(14-11)10(13)16/h2-3,7H,4-6,12H2,1H3,(H2,13,16). The van der Waals surface area contributed by atoms with Gasteiger partial charge in [0.1, 0.15) is 5.69 Å². The Balaban J connectivity index is 2.25. The van der Waals surface area contributed by atoms with Gasteiger partial charge in [-0.1, -0.05) is 0 Å². The Morgan fingerprint density at radius 3 is 2.94 bits per heavy atom. The molecule has 1 atom stereocenters. The number of amides is 1. The predicted molar refractivity (Wildman–Crippen MR) is 64.8 cm³/mol. The van der Waals surface area contributed by atoms with Crippen LogP contribution in [0.25, 0.3) is 0 Å². The van der Waals surface area contributed by atoms with Gasteiger partial charge in [-0.2, -0.15) is 0 Å². The van der Waals surface area contributed by atoms with Crippen LogP contribution in [0.1, 0.15) is 16.9 Å². The van der Waals surface area contributed by atoms with Gasteiger partial charge in [0.05, 0.1) is 11.8 Å². The molecule has 1 aliphatic heterocycles. The van der Waals surface area contributed by atoms with Crippen LogP contribution < -0.4 is 16.4 Å². The van der Waals surface area contributed by atoms with Crippen molar-refractivity contribution in [2.75, 3.05) is 30.8 Å². The SMILES string of the molecule is COC1CCN(c2nc(C(N)=O)ccc2N)C1. The van der Waals surface area contributed by atoms with Crippen LogP contribution in [0.4, 0.5) is 11.5 Å². The van der Waals surface area contributed by atoms with E-state index in [1.165, 1.54) is 6.07 Å². The highest BCUT2D eigenvalue weighted by molar-refractivity contribution is 5.91. The van der Waals surface area contributed by atoms with Crippen LogP contribution in [0, 0.1) is 0 Å². The second kappa shape index (κ2) is 4.58.